The third kappa shape index (κ3) is 2.47. The summed E-state index contributed by atoms with van der Waals surface area (Å²) in [6.45, 7) is 5.66. The molecular formula is C13H19NO2. The number of aryl methyl sites for hydroxylation is 2. The fourth-order valence-corrected chi connectivity index (χ4v) is 1.95. The quantitative estimate of drug-likeness (QED) is 0.780. The van der Waals surface area contributed by atoms with E-state index < -0.39 is 0 Å². The first-order valence-electron chi connectivity index (χ1n) is 5.78. The van der Waals surface area contributed by atoms with E-state index in [-0.39, 0.29) is 6.10 Å². The van der Waals surface area contributed by atoms with Gasteiger partial charge in [0.25, 0.3) is 0 Å². The monoisotopic (exact) mass is 221 g/mol. The summed E-state index contributed by atoms with van der Waals surface area (Å²) in [7, 11) is 0. The minimum Gasteiger partial charge on any atom is -0.490 e. The Kier molecular flexibility index (Phi) is 3.34. The summed E-state index contributed by atoms with van der Waals surface area (Å²) in [4.78, 5) is 0. The van der Waals surface area contributed by atoms with Crippen molar-refractivity contribution in [2.45, 2.75) is 32.8 Å². The summed E-state index contributed by atoms with van der Waals surface area (Å²) in [5.41, 5.74) is 8.95. The number of hydrogen-bond acceptors (Lipinski definition) is 3. The van der Waals surface area contributed by atoms with Crippen molar-refractivity contribution >= 4 is 5.69 Å². The van der Waals surface area contributed by atoms with E-state index in [4.69, 9.17) is 15.2 Å². The van der Waals surface area contributed by atoms with Crippen LogP contribution in [0.3, 0.4) is 0 Å². The number of nitrogens with two attached hydrogens (primary N) is 1. The second-order valence-corrected chi connectivity index (χ2v) is 4.40. The second-order valence-electron chi connectivity index (χ2n) is 4.40. The maximum Gasteiger partial charge on any atom is 0.124 e. The highest BCUT2D eigenvalue weighted by atomic mass is 16.5. The first-order chi connectivity index (χ1) is 7.66. The fourth-order valence-electron chi connectivity index (χ4n) is 1.95. The summed E-state index contributed by atoms with van der Waals surface area (Å²) in [6.07, 6.45) is 2.20. The third-order valence-corrected chi connectivity index (χ3v) is 3.03. The van der Waals surface area contributed by atoms with Gasteiger partial charge in [-0.15, -0.1) is 0 Å². The molecule has 88 valence electrons. The topological polar surface area (TPSA) is 44.5 Å². The Morgan fingerprint density at radius 1 is 1.19 bits per heavy atom. The zero-order chi connectivity index (χ0) is 11.5. The van der Waals surface area contributed by atoms with Crippen molar-refractivity contribution in [2.75, 3.05) is 18.9 Å². The molecule has 1 aromatic carbocycles. The van der Waals surface area contributed by atoms with Crippen molar-refractivity contribution in [2.24, 2.45) is 0 Å². The van der Waals surface area contributed by atoms with E-state index >= 15 is 0 Å². The Balaban J connectivity index is 2.11. The van der Waals surface area contributed by atoms with Crippen LogP contribution in [0.5, 0.6) is 5.75 Å². The van der Waals surface area contributed by atoms with Crippen LogP contribution in [-0.4, -0.2) is 19.3 Å². The van der Waals surface area contributed by atoms with E-state index in [1.165, 1.54) is 0 Å². The zero-order valence-electron chi connectivity index (χ0n) is 9.95. The molecule has 0 radical (unpaired) electrons. The van der Waals surface area contributed by atoms with Crippen molar-refractivity contribution in [1.82, 2.24) is 0 Å². The number of benzene rings is 1. The smallest absolute Gasteiger partial charge is 0.124 e. The Bertz CT molecular complexity index is 370. The Morgan fingerprint density at radius 3 is 2.56 bits per heavy atom. The van der Waals surface area contributed by atoms with Crippen LogP contribution in [-0.2, 0) is 4.74 Å². The molecule has 1 aromatic rings. The summed E-state index contributed by atoms with van der Waals surface area (Å²) in [5.74, 6) is 0.912. The standard InChI is InChI=1S/C13H19NO2/c1-9-7-10(2)13(8-12(9)14)16-11-3-5-15-6-4-11/h7-8,11H,3-6,14H2,1-2H3. The van der Waals surface area contributed by atoms with E-state index in [1.807, 2.05) is 13.0 Å². The number of rotatable bonds is 2. The van der Waals surface area contributed by atoms with Crippen LogP contribution < -0.4 is 10.5 Å². The molecule has 0 amide bonds. The summed E-state index contributed by atoms with van der Waals surface area (Å²) >= 11 is 0. The van der Waals surface area contributed by atoms with Gasteiger partial charge < -0.3 is 15.2 Å². The van der Waals surface area contributed by atoms with Gasteiger partial charge in [0.05, 0.1) is 13.2 Å². The number of hydrogen-bond donors (Lipinski definition) is 1. The lowest BCUT2D eigenvalue weighted by Crippen LogP contribution is -2.26. The molecule has 3 nitrogen and oxygen atoms in total. The normalized spacial score (nSPS) is 17.4. The minimum atomic E-state index is 0.273. The lowest BCUT2D eigenvalue weighted by molar-refractivity contribution is 0.0253. The van der Waals surface area contributed by atoms with Crippen LogP contribution in [0.25, 0.3) is 0 Å². The Morgan fingerprint density at radius 2 is 1.88 bits per heavy atom. The molecule has 1 saturated heterocycles. The molecule has 0 aromatic heterocycles. The van der Waals surface area contributed by atoms with E-state index in [2.05, 4.69) is 13.0 Å². The molecule has 1 fully saturated rings. The van der Waals surface area contributed by atoms with Crippen molar-refractivity contribution in [3.05, 3.63) is 23.3 Å². The van der Waals surface area contributed by atoms with E-state index in [9.17, 15) is 0 Å². The van der Waals surface area contributed by atoms with Gasteiger partial charge in [-0.05, 0) is 25.0 Å². The fraction of sp³-hybridized carbons (Fsp3) is 0.538. The molecule has 1 aliphatic rings. The highest BCUT2D eigenvalue weighted by Crippen LogP contribution is 2.26. The minimum absolute atomic E-state index is 0.273. The molecule has 0 bridgehead atoms. The van der Waals surface area contributed by atoms with E-state index in [0.29, 0.717) is 0 Å². The average Bonchev–Trinajstić information content (AvgIpc) is 2.27. The molecule has 0 atom stereocenters. The van der Waals surface area contributed by atoms with Gasteiger partial charge in [0.15, 0.2) is 0 Å². The van der Waals surface area contributed by atoms with Crippen LogP contribution in [0.1, 0.15) is 24.0 Å². The Hall–Kier alpha value is -1.22. The van der Waals surface area contributed by atoms with Crippen LogP contribution in [0.15, 0.2) is 12.1 Å². The summed E-state index contributed by atoms with van der Waals surface area (Å²) < 4.78 is 11.3. The van der Waals surface area contributed by atoms with Crippen molar-refractivity contribution in [3.63, 3.8) is 0 Å². The van der Waals surface area contributed by atoms with Gasteiger partial charge in [0.1, 0.15) is 11.9 Å². The van der Waals surface area contributed by atoms with Crippen molar-refractivity contribution < 1.29 is 9.47 Å². The molecule has 3 heteroatoms. The number of nitrogen functional groups attached to an aromatic ring is 1. The van der Waals surface area contributed by atoms with Crippen LogP contribution in [0.2, 0.25) is 0 Å². The second kappa shape index (κ2) is 4.74. The van der Waals surface area contributed by atoms with E-state index in [1.54, 1.807) is 0 Å². The number of anilines is 1. The molecule has 2 N–H and O–H groups in total. The Labute approximate surface area is 96.5 Å². The third-order valence-electron chi connectivity index (χ3n) is 3.03. The van der Waals surface area contributed by atoms with Gasteiger partial charge in [0.2, 0.25) is 0 Å². The van der Waals surface area contributed by atoms with Gasteiger partial charge in [-0.3, -0.25) is 0 Å². The first kappa shape index (κ1) is 11.3. The highest BCUT2D eigenvalue weighted by Gasteiger charge is 2.16. The maximum atomic E-state index is 5.96. The summed E-state index contributed by atoms with van der Waals surface area (Å²) in [5, 5.41) is 0. The molecule has 1 heterocycles. The predicted molar refractivity (Wildman–Crippen MR) is 64.8 cm³/mol. The lowest BCUT2D eigenvalue weighted by atomic mass is 10.1. The SMILES string of the molecule is Cc1cc(C)c(OC2CCOCC2)cc1N. The maximum absolute atomic E-state index is 5.96. The molecule has 1 aliphatic heterocycles. The van der Waals surface area contributed by atoms with Crippen LogP contribution in [0.4, 0.5) is 5.69 Å². The molecule has 16 heavy (non-hydrogen) atoms. The predicted octanol–water partition coefficient (Wildman–Crippen LogP) is 2.44. The average molecular weight is 221 g/mol. The van der Waals surface area contributed by atoms with Crippen LogP contribution >= 0.6 is 0 Å². The van der Waals surface area contributed by atoms with Gasteiger partial charge in [-0.1, -0.05) is 6.07 Å². The molecule has 0 aliphatic carbocycles. The molecular weight excluding hydrogens is 202 g/mol. The lowest BCUT2D eigenvalue weighted by Gasteiger charge is -2.24. The van der Waals surface area contributed by atoms with Gasteiger partial charge >= 0.3 is 0 Å². The van der Waals surface area contributed by atoms with Gasteiger partial charge in [-0.2, -0.15) is 0 Å². The molecule has 0 saturated carbocycles. The van der Waals surface area contributed by atoms with Gasteiger partial charge in [-0.25, -0.2) is 0 Å². The highest BCUT2D eigenvalue weighted by molar-refractivity contribution is 5.54. The zero-order valence-corrected chi connectivity index (χ0v) is 9.95. The molecule has 0 spiro atoms. The molecule has 0 unspecified atom stereocenters. The summed E-state index contributed by atoms with van der Waals surface area (Å²) in [6, 6.07) is 4.00. The number of ether oxygens (including phenoxy) is 2. The largest absolute Gasteiger partial charge is 0.490 e. The van der Waals surface area contributed by atoms with Crippen LogP contribution in [0, 0.1) is 13.8 Å². The first-order valence-corrected chi connectivity index (χ1v) is 5.78. The van der Waals surface area contributed by atoms with Gasteiger partial charge in [0, 0.05) is 24.6 Å². The van der Waals surface area contributed by atoms with Crippen molar-refractivity contribution in [1.29, 1.82) is 0 Å². The van der Waals surface area contributed by atoms with E-state index in [0.717, 1.165) is 48.6 Å². The molecule has 2 rings (SSSR count). The van der Waals surface area contributed by atoms with Crippen molar-refractivity contribution in [3.8, 4) is 5.75 Å².